The van der Waals surface area contributed by atoms with E-state index in [0.717, 1.165) is 0 Å². The van der Waals surface area contributed by atoms with Crippen LogP contribution in [0.2, 0.25) is 0 Å². The van der Waals surface area contributed by atoms with Crippen molar-refractivity contribution in [3.8, 4) is 11.5 Å². The third-order valence-corrected chi connectivity index (χ3v) is 4.21. The van der Waals surface area contributed by atoms with Gasteiger partial charge in [-0.15, -0.1) is 10.2 Å². The Bertz CT molecular complexity index is 788. The van der Waals surface area contributed by atoms with Gasteiger partial charge in [0.15, 0.2) is 17.6 Å². The van der Waals surface area contributed by atoms with E-state index in [1.54, 1.807) is 23.1 Å². The molecule has 1 saturated heterocycles. The standard InChI is InChI=1S/C17H19N3O5/c1-10(2)15-18-19-16(25-15)13-8-20(6-7-22-13)17(21)11-4-3-5-12-14(11)24-9-23-12/h3-5,10,13H,6-9H2,1-2H3/t13-/m0/s1. The lowest BCUT2D eigenvalue weighted by Gasteiger charge is -2.31. The van der Waals surface area contributed by atoms with Crippen LogP contribution in [0.1, 0.15) is 48.0 Å². The van der Waals surface area contributed by atoms with E-state index in [4.69, 9.17) is 18.6 Å². The molecule has 0 unspecified atom stereocenters. The molecule has 2 aliphatic rings. The molecular formula is C17H19N3O5. The van der Waals surface area contributed by atoms with Crippen LogP contribution in [0.3, 0.4) is 0 Å². The van der Waals surface area contributed by atoms with Crippen molar-refractivity contribution in [2.75, 3.05) is 26.5 Å². The summed E-state index contributed by atoms with van der Waals surface area (Å²) in [6.45, 7) is 5.33. The number of benzene rings is 1. The molecule has 1 aromatic heterocycles. The van der Waals surface area contributed by atoms with Gasteiger partial charge in [-0.25, -0.2) is 0 Å². The van der Waals surface area contributed by atoms with E-state index in [9.17, 15) is 4.79 Å². The Morgan fingerprint density at radius 1 is 1.28 bits per heavy atom. The predicted octanol–water partition coefficient (Wildman–Crippen LogP) is 2.14. The van der Waals surface area contributed by atoms with E-state index >= 15 is 0 Å². The fraction of sp³-hybridized carbons (Fsp3) is 0.471. The lowest BCUT2D eigenvalue weighted by Crippen LogP contribution is -2.42. The normalized spacial score (nSPS) is 19.5. The summed E-state index contributed by atoms with van der Waals surface area (Å²) in [4.78, 5) is 14.6. The minimum absolute atomic E-state index is 0.126. The monoisotopic (exact) mass is 345 g/mol. The molecule has 132 valence electrons. The lowest BCUT2D eigenvalue weighted by molar-refractivity contribution is -0.0351. The Balaban J connectivity index is 1.53. The van der Waals surface area contributed by atoms with Gasteiger partial charge < -0.3 is 23.5 Å². The summed E-state index contributed by atoms with van der Waals surface area (Å²) < 4.78 is 22.2. The third-order valence-electron chi connectivity index (χ3n) is 4.21. The van der Waals surface area contributed by atoms with Crippen LogP contribution in [-0.4, -0.2) is 47.5 Å². The van der Waals surface area contributed by atoms with Crippen molar-refractivity contribution in [2.45, 2.75) is 25.9 Å². The zero-order valence-electron chi connectivity index (χ0n) is 14.1. The van der Waals surface area contributed by atoms with Crippen LogP contribution in [-0.2, 0) is 4.74 Å². The summed E-state index contributed by atoms with van der Waals surface area (Å²) >= 11 is 0. The van der Waals surface area contributed by atoms with Crippen LogP contribution in [0.5, 0.6) is 11.5 Å². The molecule has 1 atom stereocenters. The van der Waals surface area contributed by atoms with Crippen molar-refractivity contribution < 1.29 is 23.4 Å². The average molecular weight is 345 g/mol. The number of amides is 1. The maximum atomic E-state index is 12.9. The van der Waals surface area contributed by atoms with Crippen molar-refractivity contribution in [1.29, 1.82) is 0 Å². The van der Waals surface area contributed by atoms with Gasteiger partial charge in [0.1, 0.15) is 0 Å². The molecule has 2 aromatic rings. The van der Waals surface area contributed by atoms with Crippen molar-refractivity contribution >= 4 is 5.91 Å². The number of fused-ring (bicyclic) bond motifs is 1. The Labute approximate surface area is 144 Å². The fourth-order valence-corrected chi connectivity index (χ4v) is 2.86. The van der Waals surface area contributed by atoms with Gasteiger partial charge in [0, 0.05) is 12.5 Å². The van der Waals surface area contributed by atoms with Crippen molar-refractivity contribution in [1.82, 2.24) is 15.1 Å². The number of hydrogen-bond acceptors (Lipinski definition) is 7. The second-order valence-corrected chi connectivity index (χ2v) is 6.28. The van der Waals surface area contributed by atoms with Crippen LogP contribution in [0.15, 0.2) is 22.6 Å². The van der Waals surface area contributed by atoms with Gasteiger partial charge in [0.2, 0.25) is 18.6 Å². The third kappa shape index (κ3) is 2.93. The molecule has 8 heteroatoms. The molecule has 0 bridgehead atoms. The van der Waals surface area contributed by atoms with Crippen LogP contribution < -0.4 is 9.47 Å². The van der Waals surface area contributed by atoms with Gasteiger partial charge in [0.25, 0.3) is 5.91 Å². The second-order valence-electron chi connectivity index (χ2n) is 6.28. The highest BCUT2D eigenvalue weighted by molar-refractivity contribution is 5.98. The Kier molecular flexibility index (Phi) is 4.04. The van der Waals surface area contributed by atoms with Gasteiger partial charge in [-0.1, -0.05) is 19.9 Å². The first-order valence-electron chi connectivity index (χ1n) is 8.26. The maximum Gasteiger partial charge on any atom is 0.257 e. The Morgan fingerprint density at radius 2 is 2.16 bits per heavy atom. The van der Waals surface area contributed by atoms with Crippen LogP contribution in [0.4, 0.5) is 0 Å². The molecule has 3 heterocycles. The van der Waals surface area contributed by atoms with E-state index in [2.05, 4.69) is 10.2 Å². The number of carbonyl (C=O) groups excluding carboxylic acids is 1. The molecule has 0 aliphatic carbocycles. The highest BCUT2D eigenvalue weighted by Crippen LogP contribution is 2.36. The summed E-state index contributed by atoms with van der Waals surface area (Å²) in [6, 6.07) is 5.31. The molecule has 0 N–H and O–H groups in total. The molecule has 1 aromatic carbocycles. The van der Waals surface area contributed by atoms with Crippen LogP contribution in [0.25, 0.3) is 0 Å². The van der Waals surface area contributed by atoms with Gasteiger partial charge >= 0.3 is 0 Å². The molecule has 1 amide bonds. The number of morpholine rings is 1. The van der Waals surface area contributed by atoms with Gasteiger partial charge in [-0.2, -0.15) is 0 Å². The van der Waals surface area contributed by atoms with E-state index in [0.29, 0.717) is 48.5 Å². The first-order chi connectivity index (χ1) is 12.1. The van der Waals surface area contributed by atoms with Gasteiger partial charge in [-0.3, -0.25) is 4.79 Å². The molecule has 4 rings (SSSR count). The predicted molar refractivity (Wildman–Crippen MR) is 85.5 cm³/mol. The SMILES string of the molecule is CC(C)c1nnc([C@@H]2CN(C(=O)c3cccc4c3OCO4)CCO2)o1. The highest BCUT2D eigenvalue weighted by Gasteiger charge is 2.32. The van der Waals surface area contributed by atoms with E-state index < -0.39 is 6.10 Å². The second kappa shape index (κ2) is 6.36. The number of hydrogen-bond donors (Lipinski definition) is 0. The summed E-state index contributed by atoms with van der Waals surface area (Å²) in [5.74, 6) is 2.07. The van der Waals surface area contributed by atoms with E-state index in [1.807, 2.05) is 13.8 Å². The quantitative estimate of drug-likeness (QED) is 0.842. The Hall–Kier alpha value is -2.61. The fourth-order valence-electron chi connectivity index (χ4n) is 2.86. The average Bonchev–Trinajstić information content (AvgIpc) is 3.30. The lowest BCUT2D eigenvalue weighted by atomic mass is 10.1. The van der Waals surface area contributed by atoms with E-state index in [1.165, 1.54) is 0 Å². The maximum absolute atomic E-state index is 12.9. The zero-order valence-corrected chi connectivity index (χ0v) is 14.1. The molecule has 8 nitrogen and oxygen atoms in total. The van der Waals surface area contributed by atoms with Gasteiger partial charge in [0.05, 0.1) is 18.7 Å². The minimum Gasteiger partial charge on any atom is -0.454 e. The Morgan fingerprint density at radius 3 is 2.96 bits per heavy atom. The number of para-hydroxylation sites is 1. The number of rotatable bonds is 3. The minimum atomic E-state index is -0.424. The first-order valence-corrected chi connectivity index (χ1v) is 8.26. The molecular weight excluding hydrogens is 326 g/mol. The van der Waals surface area contributed by atoms with Crippen LogP contribution >= 0.6 is 0 Å². The molecule has 0 radical (unpaired) electrons. The van der Waals surface area contributed by atoms with Crippen molar-refractivity contribution in [2.24, 2.45) is 0 Å². The molecule has 25 heavy (non-hydrogen) atoms. The molecule has 2 aliphatic heterocycles. The van der Waals surface area contributed by atoms with E-state index in [-0.39, 0.29) is 18.6 Å². The first kappa shape index (κ1) is 15.9. The van der Waals surface area contributed by atoms with Crippen molar-refractivity contribution in [3.63, 3.8) is 0 Å². The smallest absolute Gasteiger partial charge is 0.257 e. The highest BCUT2D eigenvalue weighted by atomic mass is 16.7. The summed E-state index contributed by atoms with van der Waals surface area (Å²) in [7, 11) is 0. The summed E-state index contributed by atoms with van der Waals surface area (Å²) in [5.41, 5.74) is 0.490. The number of aromatic nitrogens is 2. The van der Waals surface area contributed by atoms with Crippen LogP contribution in [0, 0.1) is 0 Å². The number of ether oxygens (including phenoxy) is 3. The number of nitrogens with zero attached hydrogens (tertiary/aromatic N) is 3. The summed E-state index contributed by atoms with van der Waals surface area (Å²) in [5, 5.41) is 8.09. The van der Waals surface area contributed by atoms with Crippen molar-refractivity contribution in [3.05, 3.63) is 35.5 Å². The molecule has 1 fully saturated rings. The largest absolute Gasteiger partial charge is 0.454 e. The molecule has 0 saturated carbocycles. The van der Waals surface area contributed by atoms with Gasteiger partial charge in [-0.05, 0) is 12.1 Å². The topological polar surface area (TPSA) is 86.9 Å². The zero-order chi connectivity index (χ0) is 17.4. The number of carbonyl (C=O) groups is 1. The summed E-state index contributed by atoms with van der Waals surface area (Å²) in [6.07, 6.45) is -0.424. The molecule has 0 spiro atoms.